The van der Waals surface area contributed by atoms with E-state index >= 15 is 0 Å². The van der Waals surface area contributed by atoms with Crippen molar-refractivity contribution in [2.24, 2.45) is 5.92 Å². The second kappa shape index (κ2) is 7.15. The van der Waals surface area contributed by atoms with Gasteiger partial charge >= 0.3 is 0 Å². The zero-order valence-electron chi connectivity index (χ0n) is 14.7. The number of nitrogens with zero attached hydrogens (tertiary/aromatic N) is 3. The summed E-state index contributed by atoms with van der Waals surface area (Å²) >= 11 is 0. The van der Waals surface area contributed by atoms with Crippen LogP contribution in [0.1, 0.15) is 34.9 Å². The molecule has 0 radical (unpaired) electrons. The van der Waals surface area contributed by atoms with Gasteiger partial charge in [0.05, 0.1) is 6.26 Å². The van der Waals surface area contributed by atoms with Gasteiger partial charge in [-0.1, -0.05) is 35.0 Å². The number of likely N-dealkylation sites (tertiary alicyclic amines) is 1. The van der Waals surface area contributed by atoms with Gasteiger partial charge in [-0.25, -0.2) is 0 Å². The van der Waals surface area contributed by atoms with Gasteiger partial charge in [0.25, 0.3) is 5.91 Å². The first-order chi connectivity index (χ1) is 12.7. The molecule has 0 spiro atoms. The number of amides is 1. The predicted molar refractivity (Wildman–Crippen MR) is 95.5 cm³/mol. The molecule has 0 saturated carbocycles. The topological polar surface area (TPSA) is 72.4 Å². The highest BCUT2D eigenvalue weighted by atomic mass is 16.5. The molecule has 0 bridgehead atoms. The van der Waals surface area contributed by atoms with Gasteiger partial charge in [0.15, 0.2) is 5.76 Å². The van der Waals surface area contributed by atoms with Crippen molar-refractivity contribution in [1.29, 1.82) is 0 Å². The summed E-state index contributed by atoms with van der Waals surface area (Å²) in [5, 5.41) is 4.10. The Hall–Kier alpha value is -2.89. The molecule has 0 atom stereocenters. The Morgan fingerprint density at radius 3 is 2.65 bits per heavy atom. The Balaban J connectivity index is 1.33. The lowest BCUT2D eigenvalue weighted by Crippen LogP contribution is -2.38. The molecule has 134 valence electrons. The molecule has 3 aromatic rings. The van der Waals surface area contributed by atoms with E-state index in [-0.39, 0.29) is 5.91 Å². The van der Waals surface area contributed by atoms with Crippen molar-refractivity contribution in [2.45, 2.75) is 26.2 Å². The zero-order chi connectivity index (χ0) is 17.9. The molecule has 26 heavy (non-hydrogen) atoms. The predicted octanol–water partition coefficient (Wildman–Crippen LogP) is 3.73. The summed E-state index contributed by atoms with van der Waals surface area (Å²) in [4.78, 5) is 18.7. The summed E-state index contributed by atoms with van der Waals surface area (Å²) in [5.74, 6) is 2.11. The standard InChI is InChI=1S/C20H21N3O3/c1-14-4-6-16(7-5-14)19-21-18(26-22-19)13-15-8-10-23(11-9-15)20(24)17-3-2-12-25-17/h2-7,12,15H,8-11,13H2,1H3. The number of furan rings is 1. The molecule has 1 aliphatic heterocycles. The maximum atomic E-state index is 12.3. The Kier molecular flexibility index (Phi) is 4.56. The number of carbonyl (C=O) groups excluding carboxylic acids is 1. The first-order valence-corrected chi connectivity index (χ1v) is 8.91. The van der Waals surface area contributed by atoms with E-state index in [1.54, 1.807) is 12.1 Å². The van der Waals surface area contributed by atoms with Crippen molar-refractivity contribution in [2.75, 3.05) is 13.1 Å². The van der Waals surface area contributed by atoms with E-state index in [2.05, 4.69) is 17.1 Å². The molecule has 1 fully saturated rings. The van der Waals surface area contributed by atoms with Crippen LogP contribution in [0.25, 0.3) is 11.4 Å². The van der Waals surface area contributed by atoms with Gasteiger partial charge < -0.3 is 13.8 Å². The Morgan fingerprint density at radius 2 is 1.96 bits per heavy atom. The van der Waals surface area contributed by atoms with Crippen molar-refractivity contribution < 1.29 is 13.7 Å². The maximum Gasteiger partial charge on any atom is 0.289 e. The molecule has 0 unspecified atom stereocenters. The minimum atomic E-state index is -0.0344. The molecular weight excluding hydrogens is 330 g/mol. The van der Waals surface area contributed by atoms with Crippen LogP contribution in [0.3, 0.4) is 0 Å². The van der Waals surface area contributed by atoms with E-state index in [0.29, 0.717) is 23.4 Å². The van der Waals surface area contributed by atoms with Gasteiger partial charge in [0.1, 0.15) is 0 Å². The average Bonchev–Trinajstić information content (AvgIpc) is 3.35. The van der Waals surface area contributed by atoms with Crippen LogP contribution < -0.4 is 0 Å². The minimum absolute atomic E-state index is 0.0344. The average molecular weight is 351 g/mol. The summed E-state index contributed by atoms with van der Waals surface area (Å²) in [6.45, 7) is 3.50. The lowest BCUT2D eigenvalue weighted by molar-refractivity contribution is 0.0655. The zero-order valence-corrected chi connectivity index (χ0v) is 14.7. The van der Waals surface area contributed by atoms with Gasteiger partial charge in [-0.3, -0.25) is 4.79 Å². The summed E-state index contributed by atoms with van der Waals surface area (Å²) in [7, 11) is 0. The molecule has 6 nitrogen and oxygen atoms in total. The van der Waals surface area contributed by atoms with Crippen molar-refractivity contribution in [3.63, 3.8) is 0 Å². The molecule has 0 aliphatic carbocycles. The van der Waals surface area contributed by atoms with E-state index < -0.39 is 0 Å². The van der Waals surface area contributed by atoms with Crippen LogP contribution in [0.2, 0.25) is 0 Å². The fourth-order valence-corrected chi connectivity index (χ4v) is 3.30. The third kappa shape index (κ3) is 3.54. The molecule has 1 aliphatic rings. The van der Waals surface area contributed by atoms with E-state index in [9.17, 15) is 4.79 Å². The highest BCUT2D eigenvalue weighted by Crippen LogP contribution is 2.24. The van der Waals surface area contributed by atoms with Crippen LogP contribution in [0, 0.1) is 12.8 Å². The molecule has 1 amide bonds. The number of carbonyl (C=O) groups is 1. The molecule has 1 saturated heterocycles. The number of piperidine rings is 1. The molecular formula is C20H21N3O3. The fourth-order valence-electron chi connectivity index (χ4n) is 3.30. The Morgan fingerprint density at radius 1 is 1.19 bits per heavy atom. The highest BCUT2D eigenvalue weighted by Gasteiger charge is 2.26. The van der Waals surface area contributed by atoms with Crippen molar-refractivity contribution in [3.05, 3.63) is 59.9 Å². The van der Waals surface area contributed by atoms with Crippen molar-refractivity contribution >= 4 is 5.91 Å². The van der Waals surface area contributed by atoms with E-state index in [1.807, 2.05) is 29.2 Å². The number of hydrogen-bond acceptors (Lipinski definition) is 5. The normalized spacial score (nSPS) is 15.3. The minimum Gasteiger partial charge on any atom is -0.459 e. The van der Waals surface area contributed by atoms with Gasteiger partial charge in [0, 0.05) is 25.1 Å². The lowest BCUT2D eigenvalue weighted by Gasteiger charge is -2.30. The SMILES string of the molecule is Cc1ccc(-c2noc(CC3CCN(C(=O)c4ccco4)CC3)n2)cc1. The Labute approximate surface area is 151 Å². The number of aryl methyl sites for hydroxylation is 1. The van der Waals surface area contributed by atoms with Crippen LogP contribution in [0.15, 0.2) is 51.6 Å². The lowest BCUT2D eigenvalue weighted by atomic mass is 9.93. The summed E-state index contributed by atoms with van der Waals surface area (Å²) < 4.78 is 10.6. The second-order valence-corrected chi connectivity index (χ2v) is 6.79. The van der Waals surface area contributed by atoms with Gasteiger partial charge in [-0.05, 0) is 37.8 Å². The van der Waals surface area contributed by atoms with Crippen LogP contribution in [-0.2, 0) is 6.42 Å². The van der Waals surface area contributed by atoms with Gasteiger partial charge in [-0.2, -0.15) is 4.98 Å². The second-order valence-electron chi connectivity index (χ2n) is 6.79. The summed E-state index contributed by atoms with van der Waals surface area (Å²) in [5.41, 5.74) is 2.16. The van der Waals surface area contributed by atoms with E-state index in [1.165, 1.54) is 11.8 Å². The number of benzene rings is 1. The number of aromatic nitrogens is 2. The van der Waals surface area contributed by atoms with Crippen LogP contribution in [-0.4, -0.2) is 34.0 Å². The van der Waals surface area contributed by atoms with Gasteiger partial charge in [-0.15, -0.1) is 0 Å². The van der Waals surface area contributed by atoms with Crippen LogP contribution in [0.4, 0.5) is 0 Å². The Bertz CT molecular complexity index is 860. The monoisotopic (exact) mass is 351 g/mol. The van der Waals surface area contributed by atoms with Crippen LogP contribution in [0.5, 0.6) is 0 Å². The van der Waals surface area contributed by atoms with Crippen molar-refractivity contribution in [1.82, 2.24) is 15.0 Å². The van der Waals surface area contributed by atoms with E-state index in [0.717, 1.165) is 37.9 Å². The molecule has 3 heterocycles. The molecule has 1 aromatic carbocycles. The van der Waals surface area contributed by atoms with Gasteiger partial charge in [0.2, 0.25) is 11.7 Å². The summed E-state index contributed by atoms with van der Waals surface area (Å²) in [6, 6.07) is 11.5. The van der Waals surface area contributed by atoms with Crippen molar-refractivity contribution in [3.8, 4) is 11.4 Å². The van der Waals surface area contributed by atoms with E-state index in [4.69, 9.17) is 8.94 Å². The smallest absolute Gasteiger partial charge is 0.289 e. The summed E-state index contributed by atoms with van der Waals surface area (Å²) in [6.07, 6.45) is 4.13. The molecule has 2 aromatic heterocycles. The van der Waals surface area contributed by atoms with Crippen LogP contribution >= 0.6 is 0 Å². The third-order valence-corrected chi connectivity index (χ3v) is 4.87. The maximum absolute atomic E-state index is 12.3. The molecule has 4 rings (SSSR count). The third-order valence-electron chi connectivity index (χ3n) is 4.87. The largest absolute Gasteiger partial charge is 0.459 e. The molecule has 6 heteroatoms. The molecule has 0 N–H and O–H groups in total. The quantitative estimate of drug-likeness (QED) is 0.716. The first-order valence-electron chi connectivity index (χ1n) is 8.91. The fraction of sp³-hybridized carbons (Fsp3) is 0.350. The highest BCUT2D eigenvalue weighted by molar-refractivity contribution is 5.91. The number of rotatable bonds is 4. The first kappa shape index (κ1) is 16.6. The number of hydrogen-bond donors (Lipinski definition) is 0.